The fraction of sp³-hybridized carbons (Fsp3) is 0.688. The Morgan fingerprint density at radius 2 is 1.79 bits per heavy atom. The van der Waals surface area contributed by atoms with Gasteiger partial charge < -0.3 is 29.9 Å². The van der Waals surface area contributed by atoms with Gasteiger partial charge in [0, 0.05) is 45.8 Å². The number of urea groups is 1. The molecule has 2 N–H and O–H groups in total. The predicted molar refractivity (Wildman–Crippen MR) is 162 cm³/mol. The fourth-order valence-electron chi connectivity index (χ4n) is 6.12. The highest BCUT2D eigenvalue weighted by Gasteiger charge is 2.46. The van der Waals surface area contributed by atoms with Crippen LogP contribution in [0.4, 0.5) is 9.59 Å². The largest absolute Gasteiger partial charge is 0.444 e. The molecule has 2 saturated heterocycles. The molecule has 1 aromatic rings. The van der Waals surface area contributed by atoms with Gasteiger partial charge in [0.2, 0.25) is 11.8 Å². The second kappa shape index (κ2) is 14.0. The number of hydrogen-bond donors (Lipinski definition) is 2. The van der Waals surface area contributed by atoms with Crippen LogP contribution < -0.4 is 10.6 Å². The lowest BCUT2D eigenvalue weighted by Crippen LogP contribution is -2.59. The zero-order valence-electron chi connectivity index (χ0n) is 26.6. The van der Waals surface area contributed by atoms with Crippen LogP contribution in [0.5, 0.6) is 0 Å². The Bertz CT molecular complexity index is 1140. The summed E-state index contributed by atoms with van der Waals surface area (Å²) in [6, 6.07) is 5.71. The highest BCUT2D eigenvalue weighted by Crippen LogP contribution is 2.29. The number of fused-ring (bicyclic) bond motifs is 1. The van der Waals surface area contributed by atoms with Crippen LogP contribution in [-0.4, -0.2) is 95.7 Å². The molecule has 3 aliphatic rings. The van der Waals surface area contributed by atoms with E-state index >= 15 is 0 Å². The van der Waals surface area contributed by atoms with Gasteiger partial charge in [0.25, 0.3) is 0 Å². The first-order valence-electron chi connectivity index (χ1n) is 15.6. The molecule has 0 aromatic heterocycles. The van der Waals surface area contributed by atoms with Crippen LogP contribution in [-0.2, 0) is 32.2 Å². The molecule has 11 heteroatoms. The Morgan fingerprint density at radius 1 is 1.12 bits per heavy atom. The van der Waals surface area contributed by atoms with Crippen molar-refractivity contribution in [1.82, 2.24) is 25.3 Å². The van der Waals surface area contributed by atoms with E-state index in [-0.39, 0.29) is 43.0 Å². The van der Waals surface area contributed by atoms with Crippen LogP contribution in [0.15, 0.2) is 24.3 Å². The smallest absolute Gasteiger partial charge is 0.410 e. The summed E-state index contributed by atoms with van der Waals surface area (Å²) in [5, 5.41) is 5.96. The summed E-state index contributed by atoms with van der Waals surface area (Å²) in [6.45, 7) is 11.7. The topological polar surface area (TPSA) is 121 Å². The average Bonchev–Trinajstić information content (AvgIpc) is 3.70. The van der Waals surface area contributed by atoms with Crippen molar-refractivity contribution in [2.45, 2.75) is 110 Å². The van der Waals surface area contributed by atoms with E-state index in [9.17, 15) is 19.2 Å². The van der Waals surface area contributed by atoms with Crippen LogP contribution in [0.3, 0.4) is 0 Å². The molecule has 0 bridgehead atoms. The summed E-state index contributed by atoms with van der Waals surface area (Å²) in [5.74, 6) is -0.655. The van der Waals surface area contributed by atoms with Crippen molar-refractivity contribution in [2.75, 3.05) is 26.7 Å². The highest BCUT2D eigenvalue weighted by atomic mass is 16.6. The number of hydrogen-bond acceptors (Lipinski definition) is 6. The number of carbonyl (C=O) groups is 4. The summed E-state index contributed by atoms with van der Waals surface area (Å²) in [6.07, 6.45) is 2.62. The minimum Gasteiger partial charge on any atom is -0.444 e. The monoisotopic (exact) mass is 599 g/mol. The molecule has 0 aliphatic carbocycles. The first-order chi connectivity index (χ1) is 20.4. The highest BCUT2D eigenvalue weighted by molar-refractivity contribution is 5.93. The van der Waals surface area contributed by atoms with Crippen molar-refractivity contribution >= 4 is 23.9 Å². The van der Waals surface area contributed by atoms with Gasteiger partial charge in [0.1, 0.15) is 18.2 Å². The lowest BCUT2D eigenvalue weighted by molar-refractivity contribution is -0.142. The third kappa shape index (κ3) is 8.19. The molecule has 0 unspecified atom stereocenters. The van der Waals surface area contributed by atoms with Gasteiger partial charge in [-0.3, -0.25) is 14.5 Å². The maximum atomic E-state index is 14.2. The van der Waals surface area contributed by atoms with Crippen molar-refractivity contribution in [3.63, 3.8) is 0 Å². The summed E-state index contributed by atoms with van der Waals surface area (Å²) in [4.78, 5) is 58.8. The molecule has 5 atom stereocenters. The van der Waals surface area contributed by atoms with Crippen LogP contribution >= 0.6 is 0 Å². The Balaban J connectivity index is 1.48. The molecule has 5 amide bonds. The van der Waals surface area contributed by atoms with Crippen LogP contribution in [0, 0.1) is 5.41 Å². The number of nitrogens with zero attached hydrogens (tertiary/aromatic N) is 3. The van der Waals surface area contributed by atoms with E-state index in [4.69, 9.17) is 9.47 Å². The Morgan fingerprint density at radius 3 is 2.37 bits per heavy atom. The van der Waals surface area contributed by atoms with Crippen LogP contribution in [0.1, 0.15) is 77.8 Å². The van der Waals surface area contributed by atoms with Gasteiger partial charge >= 0.3 is 12.1 Å². The van der Waals surface area contributed by atoms with Gasteiger partial charge in [-0.05, 0) is 42.7 Å². The Kier molecular flexibility index (Phi) is 10.6. The van der Waals surface area contributed by atoms with Crippen LogP contribution in [0.2, 0.25) is 0 Å². The molecule has 3 heterocycles. The molecule has 0 radical (unpaired) electrons. The van der Waals surface area contributed by atoms with Gasteiger partial charge in [0.15, 0.2) is 0 Å². The number of amides is 5. The van der Waals surface area contributed by atoms with E-state index in [1.807, 2.05) is 58.9 Å². The molecule has 11 nitrogen and oxygen atoms in total. The summed E-state index contributed by atoms with van der Waals surface area (Å²) in [7, 11) is 1.69. The lowest BCUT2D eigenvalue weighted by Gasteiger charge is -2.36. The second-order valence-electron chi connectivity index (χ2n) is 13.3. The quantitative estimate of drug-likeness (QED) is 0.447. The van der Waals surface area contributed by atoms with E-state index in [0.29, 0.717) is 26.2 Å². The molecule has 1 aromatic carbocycles. The molecule has 3 aliphatic heterocycles. The molecule has 0 saturated carbocycles. The van der Waals surface area contributed by atoms with E-state index in [0.717, 1.165) is 36.8 Å². The Hall–Kier alpha value is -3.34. The van der Waals surface area contributed by atoms with Gasteiger partial charge in [-0.15, -0.1) is 0 Å². The first kappa shape index (κ1) is 32.6. The summed E-state index contributed by atoms with van der Waals surface area (Å²) in [5.41, 5.74) is 1.51. The van der Waals surface area contributed by atoms with E-state index in [1.165, 1.54) is 4.90 Å². The summed E-state index contributed by atoms with van der Waals surface area (Å²) >= 11 is 0. The first-order valence-corrected chi connectivity index (χ1v) is 15.6. The zero-order valence-corrected chi connectivity index (χ0v) is 26.6. The van der Waals surface area contributed by atoms with Gasteiger partial charge in [-0.25, -0.2) is 9.59 Å². The third-order valence-corrected chi connectivity index (χ3v) is 8.55. The van der Waals surface area contributed by atoms with Crippen molar-refractivity contribution in [3.05, 3.63) is 35.4 Å². The molecule has 4 rings (SSSR count). The SMILES string of the molecule is CCC[C@@H](C)NC(=O)[C@@H]1C[C@@H](OC(=O)N2Cc3ccccc3C2)CN1C(=O)[C@@H](NC(=O)N(C)C[C@H]1CCCO1)C(C)(C)C. The minimum absolute atomic E-state index is 0.0184. The number of carbonyl (C=O) groups excluding carboxylic acids is 4. The molecule has 238 valence electrons. The molecule has 43 heavy (non-hydrogen) atoms. The second-order valence-corrected chi connectivity index (χ2v) is 13.3. The van der Waals surface area contributed by atoms with Crippen molar-refractivity contribution in [2.24, 2.45) is 5.41 Å². The molecule has 0 spiro atoms. The Labute approximate surface area is 255 Å². The zero-order chi connectivity index (χ0) is 31.3. The maximum absolute atomic E-state index is 14.2. The molecular weight excluding hydrogens is 550 g/mol. The van der Waals surface area contributed by atoms with Crippen molar-refractivity contribution in [1.29, 1.82) is 0 Å². The fourth-order valence-corrected chi connectivity index (χ4v) is 6.12. The summed E-state index contributed by atoms with van der Waals surface area (Å²) < 4.78 is 11.6. The van der Waals surface area contributed by atoms with Crippen molar-refractivity contribution < 1.29 is 28.7 Å². The number of rotatable bonds is 9. The number of ether oxygens (including phenoxy) is 2. The van der Waals surface area contributed by atoms with E-state index in [1.54, 1.807) is 16.8 Å². The third-order valence-electron chi connectivity index (χ3n) is 8.55. The van der Waals surface area contributed by atoms with Gasteiger partial charge in [-0.2, -0.15) is 0 Å². The maximum Gasteiger partial charge on any atom is 0.410 e. The van der Waals surface area contributed by atoms with Gasteiger partial charge in [0.05, 0.1) is 12.6 Å². The molecular formula is C32H49N5O6. The number of benzene rings is 1. The van der Waals surface area contributed by atoms with Gasteiger partial charge in [-0.1, -0.05) is 58.4 Å². The normalized spacial score (nSPS) is 23.0. The minimum atomic E-state index is -0.905. The predicted octanol–water partition coefficient (Wildman–Crippen LogP) is 3.65. The van der Waals surface area contributed by atoms with E-state index in [2.05, 4.69) is 10.6 Å². The standard InChI is InChI=1S/C32H49N5O6/c1-7-11-21(2)33-28(38)26-16-25(43-31(41)36-17-22-12-8-9-13-23(22)18-36)20-37(26)29(39)27(32(3,4)5)34-30(40)35(6)19-24-14-10-15-42-24/h8-9,12-13,21,24-27H,7,10-11,14-20H2,1-6H3,(H,33,38)(H,34,40)/t21-,24-,25-,26+,27-/m1/s1. The number of likely N-dealkylation sites (N-methyl/N-ethyl adjacent to an activating group) is 1. The average molecular weight is 600 g/mol. The molecule has 2 fully saturated rings. The van der Waals surface area contributed by atoms with Crippen LogP contribution in [0.25, 0.3) is 0 Å². The number of likely N-dealkylation sites (tertiary alicyclic amines) is 1. The van der Waals surface area contributed by atoms with E-state index < -0.39 is 29.7 Å². The lowest BCUT2D eigenvalue weighted by atomic mass is 9.85. The van der Waals surface area contributed by atoms with Crippen molar-refractivity contribution in [3.8, 4) is 0 Å². The number of nitrogens with one attached hydrogen (secondary N) is 2.